The number of nitrogens with zero attached hydrogens (tertiary/aromatic N) is 3. The Bertz CT molecular complexity index is 1130. The Kier molecular flexibility index (Phi) is 5.69. The molecule has 3 aromatic rings. The molecular formula is C24H27N5O2. The summed E-state index contributed by atoms with van der Waals surface area (Å²) < 4.78 is 0. The fourth-order valence-corrected chi connectivity index (χ4v) is 3.95. The largest absolute Gasteiger partial charge is 0.395 e. The summed E-state index contributed by atoms with van der Waals surface area (Å²) in [5.74, 6) is 0.450. The van der Waals surface area contributed by atoms with E-state index in [0.29, 0.717) is 12.5 Å². The molecule has 160 valence electrons. The summed E-state index contributed by atoms with van der Waals surface area (Å²) in [5, 5.41) is 16.0. The average molecular weight is 418 g/mol. The molecule has 0 saturated heterocycles. The third kappa shape index (κ3) is 4.41. The highest BCUT2D eigenvalue weighted by molar-refractivity contribution is 5.73. The highest BCUT2D eigenvalue weighted by Crippen LogP contribution is 2.39. The molecule has 0 aliphatic heterocycles. The Morgan fingerprint density at radius 1 is 1.23 bits per heavy atom. The van der Waals surface area contributed by atoms with E-state index in [1.807, 2.05) is 37.4 Å². The predicted octanol–water partition coefficient (Wildman–Crippen LogP) is 3.42. The standard InChI is InChI=1S/C24H27N5O2/c1-15-10-17(12-26-16(2)31)4-5-20(15)28-23-25-9-7-21(29-23)18-11-19-22(27-13-18)6-8-24(19,3)14-30/h4-5,7,9-11,13,30H,6,8,12,14H2,1-3H3,(H,26,31)(H,25,28,29). The van der Waals surface area contributed by atoms with Crippen molar-refractivity contribution >= 4 is 17.5 Å². The quantitative estimate of drug-likeness (QED) is 0.568. The zero-order valence-electron chi connectivity index (χ0n) is 18.1. The van der Waals surface area contributed by atoms with Crippen LogP contribution in [0.25, 0.3) is 11.3 Å². The summed E-state index contributed by atoms with van der Waals surface area (Å²) in [4.78, 5) is 24.8. The molecule has 0 radical (unpaired) electrons. The highest BCUT2D eigenvalue weighted by Gasteiger charge is 2.34. The van der Waals surface area contributed by atoms with Gasteiger partial charge in [0.25, 0.3) is 0 Å². The van der Waals surface area contributed by atoms with Gasteiger partial charge in [-0.2, -0.15) is 0 Å². The molecule has 0 spiro atoms. The Morgan fingerprint density at radius 3 is 2.81 bits per heavy atom. The lowest BCUT2D eigenvalue weighted by atomic mass is 9.85. The van der Waals surface area contributed by atoms with Crippen LogP contribution in [-0.4, -0.2) is 32.6 Å². The van der Waals surface area contributed by atoms with Crippen molar-refractivity contribution in [1.29, 1.82) is 0 Å². The van der Waals surface area contributed by atoms with Crippen molar-refractivity contribution in [3.8, 4) is 11.3 Å². The number of aromatic nitrogens is 3. The maximum absolute atomic E-state index is 11.1. The molecule has 2 aromatic heterocycles. The van der Waals surface area contributed by atoms with Crippen LogP contribution < -0.4 is 10.6 Å². The lowest BCUT2D eigenvalue weighted by molar-refractivity contribution is -0.119. The van der Waals surface area contributed by atoms with Gasteiger partial charge >= 0.3 is 0 Å². The van der Waals surface area contributed by atoms with Crippen LogP contribution in [0.15, 0.2) is 42.7 Å². The summed E-state index contributed by atoms with van der Waals surface area (Å²) in [6, 6.07) is 9.92. The molecule has 0 bridgehead atoms. The van der Waals surface area contributed by atoms with Crippen molar-refractivity contribution in [1.82, 2.24) is 20.3 Å². The minimum absolute atomic E-state index is 0.0505. The van der Waals surface area contributed by atoms with Crippen LogP contribution in [0.3, 0.4) is 0 Å². The molecule has 0 fully saturated rings. The van der Waals surface area contributed by atoms with Gasteiger partial charge in [0.1, 0.15) is 0 Å². The second-order valence-corrected chi connectivity index (χ2v) is 8.39. The number of amides is 1. The van der Waals surface area contributed by atoms with Gasteiger partial charge in [0.05, 0.1) is 12.3 Å². The first-order valence-electron chi connectivity index (χ1n) is 10.4. The maximum atomic E-state index is 11.1. The number of hydrogen-bond donors (Lipinski definition) is 3. The summed E-state index contributed by atoms with van der Waals surface area (Å²) in [5.41, 5.74) is 6.58. The first-order chi connectivity index (χ1) is 14.9. The van der Waals surface area contributed by atoms with Gasteiger partial charge in [-0.05, 0) is 54.7 Å². The van der Waals surface area contributed by atoms with Gasteiger partial charge in [-0.25, -0.2) is 9.97 Å². The summed E-state index contributed by atoms with van der Waals surface area (Å²) in [7, 11) is 0. The van der Waals surface area contributed by atoms with Crippen molar-refractivity contribution in [3.05, 3.63) is 65.1 Å². The first kappa shape index (κ1) is 20.9. The van der Waals surface area contributed by atoms with Gasteiger partial charge in [0.15, 0.2) is 0 Å². The zero-order chi connectivity index (χ0) is 22.0. The number of carbonyl (C=O) groups excluding carboxylic acids is 1. The lowest BCUT2D eigenvalue weighted by Crippen LogP contribution is -2.23. The van der Waals surface area contributed by atoms with Gasteiger partial charge < -0.3 is 15.7 Å². The molecule has 7 heteroatoms. The fraction of sp³-hybridized carbons (Fsp3) is 0.333. The Hall–Kier alpha value is -3.32. The van der Waals surface area contributed by atoms with Crippen LogP contribution in [0.5, 0.6) is 0 Å². The molecule has 1 aliphatic rings. The molecule has 1 aliphatic carbocycles. The summed E-state index contributed by atoms with van der Waals surface area (Å²) in [6.07, 6.45) is 5.36. The molecule has 1 unspecified atom stereocenters. The number of aryl methyl sites for hydroxylation is 2. The third-order valence-electron chi connectivity index (χ3n) is 5.91. The molecule has 31 heavy (non-hydrogen) atoms. The topological polar surface area (TPSA) is 100 Å². The monoisotopic (exact) mass is 417 g/mol. The van der Waals surface area contributed by atoms with Crippen LogP contribution >= 0.6 is 0 Å². The van der Waals surface area contributed by atoms with Crippen molar-refractivity contribution < 1.29 is 9.90 Å². The van der Waals surface area contributed by atoms with Crippen molar-refractivity contribution in [2.75, 3.05) is 11.9 Å². The number of nitrogens with one attached hydrogen (secondary N) is 2. The fourth-order valence-electron chi connectivity index (χ4n) is 3.95. The zero-order valence-corrected chi connectivity index (χ0v) is 18.1. The van der Waals surface area contributed by atoms with Gasteiger partial charge in [-0.3, -0.25) is 9.78 Å². The Labute approximate surface area is 182 Å². The van der Waals surface area contributed by atoms with E-state index in [1.165, 1.54) is 6.92 Å². The van der Waals surface area contributed by atoms with Gasteiger partial charge in [0, 0.05) is 48.2 Å². The molecule has 1 atom stereocenters. The molecule has 7 nitrogen and oxygen atoms in total. The minimum atomic E-state index is -0.247. The normalized spacial score (nSPS) is 17.3. The number of rotatable bonds is 6. The highest BCUT2D eigenvalue weighted by atomic mass is 16.3. The molecule has 2 heterocycles. The molecular weight excluding hydrogens is 390 g/mol. The third-order valence-corrected chi connectivity index (χ3v) is 5.91. The van der Waals surface area contributed by atoms with E-state index in [1.54, 1.807) is 6.20 Å². The first-order valence-corrected chi connectivity index (χ1v) is 10.4. The molecule has 1 amide bonds. The van der Waals surface area contributed by atoms with Gasteiger partial charge in [0.2, 0.25) is 11.9 Å². The number of aliphatic hydroxyl groups is 1. The van der Waals surface area contributed by atoms with Crippen molar-refractivity contribution in [2.24, 2.45) is 0 Å². The SMILES string of the molecule is CC(=O)NCc1ccc(Nc2nccc(-c3cnc4c(c3)C(C)(CO)CC4)n2)c(C)c1. The summed E-state index contributed by atoms with van der Waals surface area (Å²) in [6.45, 7) is 6.20. The average Bonchev–Trinajstić information content (AvgIpc) is 3.11. The molecule has 1 aromatic carbocycles. The molecule has 4 rings (SSSR count). The van der Waals surface area contributed by atoms with Crippen LogP contribution in [0.1, 0.15) is 42.7 Å². The van der Waals surface area contributed by atoms with Crippen LogP contribution in [0.2, 0.25) is 0 Å². The number of hydrogen-bond acceptors (Lipinski definition) is 6. The van der Waals surface area contributed by atoms with Gasteiger partial charge in [-0.1, -0.05) is 19.1 Å². The van der Waals surface area contributed by atoms with Crippen LogP contribution in [-0.2, 0) is 23.2 Å². The minimum Gasteiger partial charge on any atom is -0.395 e. The Balaban J connectivity index is 1.56. The van der Waals surface area contributed by atoms with E-state index in [9.17, 15) is 9.90 Å². The number of carbonyl (C=O) groups is 1. The van der Waals surface area contributed by atoms with E-state index in [0.717, 1.165) is 52.2 Å². The van der Waals surface area contributed by atoms with Gasteiger partial charge in [-0.15, -0.1) is 0 Å². The maximum Gasteiger partial charge on any atom is 0.227 e. The van der Waals surface area contributed by atoms with E-state index in [2.05, 4.69) is 38.6 Å². The molecule has 3 N–H and O–H groups in total. The van der Waals surface area contributed by atoms with Crippen molar-refractivity contribution in [2.45, 2.75) is 45.6 Å². The van der Waals surface area contributed by atoms with Crippen molar-refractivity contribution in [3.63, 3.8) is 0 Å². The molecule has 0 saturated carbocycles. The predicted molar refractivity (Wildman–Crippen MR) is 120 cm³/mol. The summed E-state index contributed by atoms with van der Waals surface area (Å²) >= 11 is 0. The lowest BCUT2D eigenvalue weighted by Gasteiger charge is -2.22. The number of fused-ring (bicyclic) bond motifs is 1. The van der Waals surface area contributed by atoms with Crippen LogP contribution in [0.4, 0.5) is 11.6 Å². The number of aliphatic hydroxyl groups excluding tert-OH is 1. The van der Waals surface area contributed by atoms with E-state index < -0.39 is 0 Å². The number of pyridine rings is 1. The Morgan fingerprint density at radius 2 is 2.06 bits per heavy atom. The number of benzene rings is 1. The second-order valence-electron chi connectivity index (χ2n) is 8.39. The number of anilines is 2. The van der Waals surface area contributed by atoms with E-state index >= 15 is 0 Å². The smallest absolute Gasteiger partial charge is 0.227 e. The van der Waals surface area contributed by atoms with E-state index in [-0.39, 0.29) is 17.9 Å². The van der Waals surface area contributed by atoms with E-state index in [4.69, 9.17) is 0 Å². The van der Waals surface area contributed by atoms with Crippen LogP contribution in [0, 0.1) is 6.92 Å². The second kappa shape index (κ2) is 8.43.